The van der Waals surface area contributed by atoms with Crippen LogP contribution in [0.1, 0.15) is 55.6 Å². The van der Waals surface area contributed by atoms with E-state index in [9.17, 15) is 18.0 Å². The second-order valence-electron chi connectivity index (χ2n) is 11.2. The molecule has 2 aromatic heterocycles. The summed E-state index contributed by atoms with van der Waals surface area (Å²) < 4.78 is 46.7. The molecule has 0 spiro atoms. The van der Waals surface area contributed by atoms with Crippen molar-refractivity contribution in [3.63, 3.8) is 0 Å². The van der Waals surface area contributed by atoms with E-state index in [2.05, 4.69) is 27.0 Å². The number of carbonyl (C=O) groups is 2. The number of anilines is 1. The maximum Gasteiger partial charge on any atom is 0.417 e. The van der Waals surface area contributed by atoms with Crippen molar-refractivity contribution in [3.8, 4) is 17.1 Å². The maximum absolute atomic E-state index is 13.8. The Morgan fingerprint density at radius 1 is 1.13 bits per heavy atom. The standard InChI is InChI=1S/C32H38F3N5O2S.CH2O2/c1-4-22-19-23(43-28-11-7-6-10-25(28)32(33,34)35)15-18-40(22)27-13-12-26(24-9-8-16-36-31(24)42-5-2)38-29(27)30(41)37-21-14-17-39(3)20-21;2-1-3/h6-13,16,21-23H,4-5,14-15,17-20H2,1-3H3,(H,37,41);1H,(H,2,3)/t21-,22-,23+;/m1./s1. The van der Waals surface area contributed by atoms with Gasteiger partial charge in [-0.05, 0) is 82.6 Å². The zero-order chi connectivity index (χ0) is 33.3. The van der Waals surface area contributed by atoms with Gasteiger partial charge in [-0.25, -0.2) is 9.97 Å². The summed E-state index contributed by atoms with van der Waals surface area (Å²) in [6.07, 6.45) is 0.295. The molecule has 0 saturated carbocycles. The van der Waals surface area contributed by atoms with Gasteiger partial charge in [0.25, 0.3) is 12.4 Å². The smallest absolute Gasteiger partial charge is 0.417 e. The van der Waals surface area contributed by atoms with Gasteiger partial charge in [-0.15, -0.1) is 11.8 Å². The summed E-state index contributed by atoms with van der Waals surface area (Å²) in [5.74, 6) is 0.224. The number of pyridine rings is 2. The molecule has 5 rings (SSSR count). The SMILES string of the molecule is CCOc1ncccc1-c1ccc(N2CC[C@H](Sc3ccccc3C(F)(F)F)C[C@H]2CC)c(C(=O)N[C@@H]2CCN(C)C2)n1.O=CO. The minimum Gasteiger partial charge on any atom is -0.483 e. The van der Waals surface area contributed by atoms with Crippen molar-refractivity contribution in [3.05, 3.63) is 66.0 Å². The fraction of sp³-hybridized carbons (Fsp3) is 0.455. The highest BCUT2D eigenvalue weighted by molar-refractivity contribution is 8.00. The molecule has 46 heavy (non-hydrogen) atoms. The number of thioether (sulfide) groups is 1. The molecule has 0 unspecified atom stereocenters. The number of hydrogen-bond acceptors (Lipinski definition) is 8. The lowest BCUT2D eigenvalue weighted by atomic mass is 9.98. The predicted octanol–water partition coefficient (Wildman–Crippen LogP) is 6.24. The third kappa shape index (κ3) is 8.69. The van der Waals surface area contributed by atoms with Crippen molar-refractivity contribution in [2.24, 2.45) is 0 Å². The monoisotopic (exact) mass is 659 g/mol. The average Bonchev–Trinajstić information content (AvgIpc) is 3.45. The molecular formula is C33H40F3N5O4S. The van der Waals surface area contributed by atoms with Crippen LogP contribution >= 0.6 is 11.8 Å². The van der Waals surface area contributed by atoms with E-state index in [1.54, 1.807) is 18.3 Å². The van der Waals surface area contributed by atoms with Crippen molar-refractivity contribution in [2.75, 3.05) is 38.2 Å². The maximum atomic E-state index is 13.8. The summed E-state index contributed by atoms with van der Waals surface area (Å²) in [7, 11) is 2.04. The number of rotatable bonds is 9. The highest BCUT2D eigenvalue weighted by Gasteiger charge is 2.36. The number of likely N-dealkylation sites (tertiary alicyclic amines) is 1. The zero-order valence-electron chi connectivity index (χ0n) is 26.2. The number of halogens is 3. The third-order valence-electron chi connectivity index (χ3n) is 8.08. The first-order valence-corrected chi connectivity index (χ1v) is 16.2. The molecule has 2 aliphatic heterocycles. The van der Waals surface area contributed by atoms with Crippen LogP contribution in [0.2, 0.25) is 0 Å². The Morgan fingerprint density at radius 3 is 2.57 bits per heavy atom. The van der Waals surface area contributed by atoms with Gasteiger partial charge in [-0.1, -0.05) is 19.1 Å². The van der Waals surface area contributed by atoms with Crippen LogP contribution in [0, 0.1) is 0 Å². The Hall–Kier alpha value is -3.84. The fourth-order valence-electron chi connectivity index (χ4n) is 5.95. The number of carbonyl (C=O) groups excluding carboxylic acids is 1. The largest absolute Gasteiger partial charge is 0.483 e. The average molecular weight is 660 g/mol. The first kappa shape index (κ1) is 35.0. The number of ether oxygens (including phenoxy) is 1. The molecule has 0 aliphatic carbocycles. The topological polar surface area (TPSA) is 108 Å². The van der Waals surface area contributed by atoms with Crippen LogP contribution in [0.5, 0.6) is 5.88 Å². The molecule has 1 aromatic carbocycles. The number of carboxylic acid groups (broad SMARTS) is 1. The molecule has 4 heterocycles. The minimum atomic E-state index is -4.39. The number of nitrogens with one attached hydrogen (secondary N) is 1. The van der Waals surface area contributed by atoms with E-state index in [-0.39, 0.29) is 34.6 Å². The lowest BCUT2D eigenvalue weighted by molar-refractivity contribution is -0.139. The van der Waals surface area contributed by atoms with Crippen molar-refractivity contribution >= 4 is 29.8 Å². The number of amides is 1. The highest BCUT2D eigenvalue weighted by Crippen LogP contribution is 2.42. The second-order valence-corrected chi connectivity index (χ2v) is 12.5. The molecule has 9 nitrogen and oxygen atoms in total. The fourth-order valence-corrected chi connectivity index (χ4v) is 7.32. The van der Waals surface area contributed by atoms with Crippen molar-refractivity contribution in [1.82, 2.24) is 20.2 Å². The van der Waals surface area contributed by atoms with E-state index >= 15 is 0 Å². The molecule has 248 valence electrons. The Morgan fingerprint density at radius 2 is 1.89 bits per heavy atom. The molecule has 3 atom stereocenters. The molecule has 13 heteroatoms. The summed E-state index contributed by atoms with van der Waals surface area (Å²) >= 11 is 1.31. The quantitative estimate of drug-likeness (QED) is 0.258. The first-order valence-electron chi connectivity index (χ1n) is 15.4. The molecule has 0 radical (unpaired) electrons. The van der Waals surface area contributed by atoms with Gasteiger partial charge in [-0.3, -0.25) is 9.59 Å². The van der Waals surface area contributed by atoms with Gasteiger partial charge in [0, 0.05) is 41.5 Å². The van der Waals surface area contributed by atoms with Gasteiger partial charge in [0.05, 0.1) is 29.1 Å². The molecule has 3 aromatic rings. The Balaban J connectivity index is 0.00000154. The zero-order valence-corrected chi connectivity index (χ0v) is 27.0. The molecular weight excluding hydrogens is 619 g/mol. The van der Waals surface area contributed by atoms with Crippen LogP contribution < -0.4 is 15.0 Å². The van der Waals surface area contributed by atoms with Crippen LogP contribution in [0.25, 0.3) is 11.3 Å². The first-order chi connectivity index (χ1) is 22.1. The van der Waals surface area contributed by atoms with E-state index in [0.29, 0.717) is 48.8 Å². The minimum absolute atomic E-state index is 0.0207. The van der Waals surface area contributed by atoms with Gasteiger partial charge in [0.2, 0.25) is 5.88 Å². The molecule has 2 saturated heterocycles. The third-order valence-corrected chi connectivity index (χ3v) is 9.45. The lowest BCUT2D eigenvalue weighted by Crippen LogP contribution is -2.45. The summed E-state index contributed by atoms with van der Waals surface area (Å²) in [4.78, 5) is 36.1. The van der Waals surface area contributed by atoms with E-state index in [1.807, 2.05) is 38.2 Å². The summed E-state index contributed by atoms with van der Waals surface area (Å²) in [5, 5.41) is 10.1. The van der Waals surface area contributed by atoms with Gasteiger partial charge in [0.15, 0.2) is 5.69 Å². The van der Waals surface area contributed by atoms with E-state index < -0.39 is 11.7 Å². The number of likely N-dealkylation sites (N-methyl/N-ethyl adjacent to an activating group) is 1. The Bertz CT molecular complexity index is 1480. The summed E-state index contributed by atoms with van der Waals surface area (Å²) in [6, 6.07) is 13.4. The van der Waals surface area contributed by atoms with Gasteiger partial charge in [-0.2, -0.15) is 13.2 Å². The van der Waals surface area contributed by atoms with Gasteiger partial charge in [0.1, 0.15) is 0 Å². The van der Waals surface area contributed by atoms with Crippen LogP contribution in [-0.4, -0.2) is 83.0 Å². The number of aromatic nitrogens is 2. The van der Waals surface area contributed by atoms with Crippen molar-refractivity contribution in [1.29, 1.82) is 0 Å². The molecule has 2 fully saturated rings. The Kier molecular flexibility index (Phi) is 12.3. The molecule has 2 N–H and O–H groups in total. The normalized spacial score (nSPS) is 20.0. The number of alkyl halides is 3. The molecule has 1 amide bonds. The van der Waals surface area contributed by atoms with Crippen molar-refractivity contribution in [2.45, 2.75) is 67.9 Å². The highest BCUT2D eigenvalue weighted by atomic mass is 32.2. The number of hydrogen-bond donors (Lipinski definition) is 2. The number of benzene rings is 1. The van der Waals surface area contributed by atoms with E-state index in [1.165, 1.54) is 17.8 Å². The van der Waals surface area contributed by atoms with Crippen LogP contribution in [0.15, 0.2) is 59.6 Å². The van der Waals surface area contributed by atoms with Gasteiger partial charge < -0.3 is 25.0 Å². The Labute approximate surface area is 271 Å². The van der Waals surface area contributed by atoms with E-state index in [4.69, 9.17) is 19.6 Å². The second kappa shape index (κ2) is 16.1. The van der Waals surface area contributed by atoms with Crippen molar-refractivity contribution < 1.29 is 32.6 Å². The van der Waals surface area contributed by atoms with E-state index in [0.717, 1.165) is 37.7 Å². The number of piperidine rings is 1. The predicted molar refractivity (Wildman–Crippen MR) is 172 cm³/mol. The summed E-state index contributed by atoms with van der Waals surface area (Å²) in [6.45, 7) is 6.46. The number of nitrogens with zero attached hydrogens (tertiary/aromatic N) is 4. The van der Waals surface area contributed by atoms with Gasteiger partial charge >= 0.3 is 6.18 Å². The van der Waals surface area contributed by atoms with Crippen LogP contribution in [-0.2, 0) is 11.0 Å². The summed E-state index contributed by atoms with van der Waals surface area (Å²) in [5.41, 5.74) is 1.78. The molecule has 0 bridgehead atoms. The van der Waals surface area contributed by atoms with Crippen LogP contribution in [0.3, 0.4) is 0 Å². The lowest BCUT2D eigenvalue weighted by Gasteiger charge is -2.41. The molecule has 2 aliphatic rings. The van der Waals surface area contributed by atoms with Crippen LogP contribution in [0.4, 0.5) is 18.9 Å².